The lowest BCUT2D eigenvalue weighted by atomic mass is 9.63. The van der Waals surface area contributed by atoms with Crippen LogP contribution >= 0.6 is 11.8 Å². The molecule has 0 radical (unpaired) electrons. The van der Waals surface area contributed by atoms with Gasteiger partial charge in [-0.05, 0) is 140 Å². The van der Waals surface area contributed by atoms with Crippen molar-refractivity contribution in [3.05, 3.63) is 351 Å². The van der Waals surface area contributed by atoms with Gasteiger partial charge in [-0.3, -0.25) is 0 Å². The molecule has 12 nitrogen and oxygen atoms in total. The molecule has 0 amide bonds. The van der Waals surface area contributed by atoms with Crippen LogP contribution in [0.5, 0.6) is 0 Å². The van der Waals surface area contributed by atoms with E-state index in [1.54, 1.807) is 37.1 Å². The van der Waals surface area contributed by atoms with E-state index < -0.39 is 5.41 Å². The second-order valence-electron chi connectivity index (χ2n) is 23.8. The van der Waals surface area contributed by atoms with Crippen molar-refractivity contribution in [2.75, 3.05) is 0 Å². The zero-order valence-corrected chi connectivity index (χ0v) is 53.3. The molecule has 0 saturated carbocycles. The minimum Gasteiger partial charge on any atom is -0.217 e. The summed E-state index contributed by atoms with van der Waals surface area (Å²) in [6, 6.07) is 106. The van der Waals surface area contributed by atoms with Crippen LogP contribution in [0.25, 0.3) is 136 Å². The van der Waals surface area contributed by atoms with E-state index in [4.69, 9.17) is 39.9 Å². The first kappa shape index (κ1) is 58.8. The molecule has 0 N–H and O–H groups in total. The van der Waals surface area contributed by atoms with Gasteiger partial charge in [0.25, 0.3) is 0 Å². The third-order valence-electron chi connectivity index (χ3n) is 17.8. The summed E-state index contributed by atoms with van der Waals surface area (Å²) in [5.74, 6) is 4.66. The molecule has 0 saturated heterocycles. The molecule has 0 atom stereocenters. The Labute approximate surface area is 569 Å². The van der Waals surface area contributed by atoms with Gasteiger partial charge in [0.1, 0.15) is 25.3 Å². The highest BCUT2D eigenvalue weighted by atomic mass is 32.2. The predicted octanol–water partition coefficient (Wildman–Crippen LogP) is 19.3. The molecule has 0 aliphatic carbocycles. The molecule has 460 valence electrons. The number of nitrogens with zero attached hydrogens (tertiary/aromatic N) is 12. The Morgan fingerprint density at radius 3 is 0.673 bits per heavy atom. The van der Waals surface area contributed by atoms with E-state index in [1.807, 2.05) is 121 Å². The minimum absolute atomic E-state index is 0.567. The Hall–Kier alpha value is -13.0. The van der Waals surface area contributed by atoms with Crippen molar-refractivity contribution in [3.8, 4) is 136 Å². The monoisotopic (exact) mass is 1270 g/mol. The topological polar surface area (TPSA) is 155 Å². The summed E-state index contributed by atoms with van der Waals surface area (Å²) < 4.78 is 0. The van der Waals surface area contributed by atoms with Crippen LogP contribution in [-0.4, -0.2) is 59.8 Å². The van der Waals surface area contributed by atoms with Crippen molar-refractivity contribution >= 4 is 11.8 Å². The van der Waals surface area contributed by atoms with Crippen molar-refractivity contribution in [2.24, 2.45) is 0 Å². The van der Waals surface area contributed by atoms with Gasteiger partial charge in [0.15, 0.2) is 46.6 Å². The molecular weight excluding hydrogens is 1220 g/mol. The normalized spacial score (nSPS) is 12.1. The molecule has 1 aliphatic rings. The van der Waals surface area contributed by atoms with E-state index in [2.05, 4.69) is 202 Å². The molecule has 17 rings (SSSR count). The summed E-state index contributed by atoms with van der Waals surface area (Å²) in [6.07, 6.45) is 6.37. The Bertz CT molecular complexity index is 5010. The maximum absolute atomic E-state index is 5.05. The lowest BCUT2D eigenvalue weighted by molar-refractivity contribution is 0.704. The largest absolute Gasteiger partial charge is 0.217 e. The Morgan fingerprint density at radius 1 is 0.184 bits per heavy atom. The average Bonchev–Trinajstić information content (AvgIpc) is 0.701. The summed E-state index contributed by atoms with van der Waals surface area (Å²) in [5.41, 5.74) is 18.2. The quantitative estimate of drug-likeness (QED) is 0.101. The molecule has 1 aliphatic heterocycles. The van der Waals surface area contributed by atoms with Gasteiger partial charge in [-0.2, -0.15) is 0 Å². The fraction of sp³-hybridized carbons (Fsp3) is 0.0118. The van der Waals surface area contributed by atoms with Crippen LogP contribution < -0.4 is 0 Å². The van der Waals surface area contributed by atoms with Crippen molar-refractivity contribution in [2.45, 2.75) is 15.2 Å². The molecule has 13 heteroatoms. The van der Waals surface area contributed by atoms with Gasteiger partial charge >= 0.3 is 0 Å². The molecule has 0 spiro atoms. The minimum atomic E-state index is -0.992. The standard InChI is InChI=1S/C85H54N12S/c1-5-21-55(22-6-1)77-86-51-90-81(94-77)63-33-17-29-59(41-63)67-45-68(60-30-18-34-64(42-60)82-91-52-87-78(95-82)56-23-7-2-8-24-56)48-71(47-67)85(73-37-13-15-39-75(73)98-76-40-16-14-38-74(76)85)72-49-69(61-31-19-35-65(43-61)83-92-53-88-79(96-83)57-25-9-3-10-26-57)46-70(50-72)62-32-20-36-66(44-62)84-93-54-89-80(97-84)58-27-11-4-12-28-58/h1-54H. The zero-order valence-electron chi connectivity index (χ0n) is 52.5. The van der Waals surface area contributed by atoms with Gasteiger partial charge in [0.05, 0.1) is 5.41 Å². The van der Waals surface area contributed by atoms with E-state index in [9.17, 15) is 0 Å². The molecule has 98 heavy (non-hydrogen) atoms. The van der Waals surface area contributed by atoms with E-state index in [1.165, 1.54) is 0 Å². The van der Waals surface area contributed by atoms with Crippen LogP contribution in [0, 0.1) is 0 Å². The summed E-state index contributed by atoms with van der Waals surface area (Å²) in [4.78, 5) is 60.0. The maximum Gasteiger partial charge on any atom is 0.163 e. The van der Waals surface area contributed by atoms with E-state index >= 15 is 0 Å². The lowest BCUT2D eigenvalue weighted by Crippen LogP contribution is -2.34. The van der Waals surface area contributed by atoms with Gasteiger partial charge in [0, 0.05) is 54.3 Å². The van der Waals surface area contributed by atoms with Crippen molar-refractivity contribution in [3.63, 3.8) is 0 Å². The van der Waals surface area contributed by atoms with Crippen LogP contribution in [0.2, 0.25) is 0 Å². The SMILES string of the molecule is c1ccc(-c2ncnc(-c3cccc(-c4cc(-c5cccc(-c6ncnc(-c7ccccc7)n6)c5)cc(C5(c6cc(-c7cccc(-c8ncnc(-c9ccccc9)n8)c7)cc(-c7cccc(-c8ncnc(-c9ccccc9)n8)c7)c6)c6ccccc6Sc6ccccc65)c4)c3)n2)cc1. The van der Waals surface area contributed by atoms with E-state index in [0.717, 1.165) is 121 Å². The first-order valence-corrected chi connectivity index (χ1v) is 32.9. The summed E-state index contributed by atoms with van der Waals surface area (Å²) in [7, 11) is 0. The Balaban J connectivity index is 0.914. The van der Waals surface area contributed by atoms with Crippen molar-refractivity contribution in [1.82, 2.24) is 59.8 Å². The number of hydrogen-bond acceptors (Lipinski definition) is 13. The van der Waals surface area contributed by atoms with Gasteiger partial charge in [-0.15, -0.1) is 0 Å². The summed E-state index contributed by atoms with van der Waals surface area (Å²) >= 11 is 1.80. The number of aromatic nitrogens is 12. The second-order valence-corrected chi connectivity index (χ2v) is 24.8. The zero-order chi connectivity index (χ0) is 65.2. The van der Waals surface area contributed by atoms with E-state index in [-0.39, 0.29) is 0 Å². The van der Waals surface area contributed by atoms with Crippen LogP contribution in [0.15, 0.2) is 338 Å². The first-order valence-electron chi connectivity index (χ1n) is 32.1. The molecule has 12 aromatic carbocycles. The highest BCUT2D eigenvalue weighted by molar-refractivity contribution is 7.99. The van der Waals surface area contributed by atoms with Gasteiger partial charge in [-0.1, -0.05) is 242 Å². The highest BCUT2D eigenvalue weighted by Crippen LogP contribution is 2.57. The van der Waals surface area contributed by atoms with Crippen LogP contribution in [-0.2, 0) is 5.41 Å². The van der Waals surface area contributed by atoms with Gasteiger partial charge < -0.3 is 0 Å². The smallest absolute Gasteiger partial charge is 0.163 e. The van der Waals surface area contributed by atoms with E-state index in [0.29, 0.717) is 46.6 Å². The van der Waals surface area contributed by atoms with Crippen LogP contribution in [0.1, 0.15) is 22.3 Å². The summed E-state index contributed by atoms with van der Waals surface area (Å²) in [5, 5.41) is 0. The second kappa shape index (κ2) is 25.7. The predicted molar refractivity (Wildman–Crippen MR) is 388 cm³/mol. The van der Waals surface area contributed by atoms with Crippen LogP contribution in [0.3, 0.4) is 0 Å². The lowest BCUT2D eigenvalue weighted by Gasteiger charge is -2.42. The Morgan fingerprint density at radius 2 is 0.398 bits per heavy atom. The van der Waals surface area contributed by atoms with Crippen molar-refractivity contribution < 1.29 is 0 Å². The molecule has 0 fully saturated rings. The third kappa shape index (κ3) is 11.4. The first-order chi connectivity index (χ1) is 48.5. The van der Waals surface area contributed by atoms with Gasteiger partial charge in [-0.25, -0.2) is 59.8 Å². The average molecular weight is 1280 g/mol. The molecule has 5 heterocycles. The number of benzene rings is 12. The number of fused-ring (bicyclic) bond motifs is 2. The fourth-order valence-electron chi connectivity index (χ4n) is 13.1. The highest BCUT2D eigenvalue weighted by Gasteiger charge is 2.45. The van der Waals surface area contributed by atoms with Gasteiger partial charge in [0.2, 0.25) is 0 Å². The molecule has 0 bridgehead atoms. The molecule has 16 aromatic rings. The molecule has 0 unspecified atom stereocenters. The number of hydrogen-bond donors (Lipinski definition) is 0. The molecule has 4 aromatic heterocycles. The molecular formula is C85H54N12S. The number of rotatable bonds is 14. The van der Waals surface area contributed by atoms with Crippen LogP contribution in [0.4, 0.5) is 0 Å². The Kier molecular flexibility index (Phi) is 15.4. The van der Waals surface area contributed by atoms with Crippen molar-refractivity contribution in [1.29, 1.82) is 0 Å². The maximum atomic E-state index is 5.05. The third-order valence-corrected chi connectivity index (χ3v) is 18.9. The fourth-order valence-corrected chi connectivity index (χ4v) is 14.3. The summed E-state index contributed by atoms with van der Waals surface area (Å²) in [6.45, 7) is 0.